The summed E-state index contributed by atoms with van der Waals surface area (Å²) in [6.45, 7) is 0. The van der Waals surface area contributed by atoms with E-state index in [0.717, 1.165) is 68.3 Å². The molecule has 2 aliphatic carbocycles. The summed E-state index contributed by atoms with van der Waals surface area (Å²) in [5, 5.41) is 6.11. The smallest absolute Gasteiger partial charge is 0.235 e. The van der Waals surface area contributed by atoms with Crippen LogP contribution in [0.25, 0.3) is 0 Å². The maximum Gasteiger partial charge on any atom is 0.235 e. The van der Waals surface area contributed by atoms with E-state index in [4.69, 9.17) is 0 Å². The van der Waals surface area contributed by atoms with E-state index in [1.165, 1.54) is 6.42 Å². The van der Waals surface area contributed by atoms with Gasteiger partial charge in [0.1, 0.15) is 0 Å². The molecule has 122 valence electrons. The first-order valence-electron chi connectivity index (χ1n) is 8.96. The number of hydrogen-bond acceptors (Lipinski definition) is 2. The second-order valence-corrected chi connectivity index (χ2v) is 7.33. The van der Waals surface area contributed by atoms with Gasteiger partial charge in [-0.1, -0.05) is 32.1 Å². The van der Waals surface area contributed by atoms with Crippen molar-refractivity contribution in [1.29, 1.82) is 0 Å². The third-order valence-corrected chi connectivity index (χ3v) is 5.92. The van der Waals surface area contributed by atoms with Gasteiger partial charge in [0.15, 0.2) is 0 Å². The first-order chi connectivity index (χ1) is 11.2. The fourth-order valence-corrected chi connectivity index (χ4v) is 4.58. The quantitative estimate of drug-likeness (QED) is 0.868. The Balaban J connectivity index is 1.60. The van der Waals surface area contributed by atoms with Crippen LogP contribution in [0.2, 0.25) is 0 Å². The molecular weight excluding hydrogens is 288 g/mol. The lowest BCUT2D eigenvalue weighted by Crippen LogP contribution is -2.36. The number of anilines is 2. The second kappa shape index (κ2) is 5.66. The molecule has 3 aliphatic rings. The van der Waals surface area contributed by atoms with E-state index in [0.29, 0.717) is 0 Å². The number of carbonyl (C=O) groups excluding carboxylic acids is 2. The molecule has 2 N–H and O–H groups in total. The highest BCUT2D eigenvalue weighted by Gasteiger charge is 2.47. The lowest BCUT2D eigenvalue weighted by atomic mass is 9.70. The van der Waals surface area contributed by atoms with Crippen molar-refractivity contribution in [3.63, 3.8) is 0 Å². The van der Waals surface area contributed by atoms with E-state index in [1.54, 1.807) is 0 Å². The Morgan fingerprint density at radius 3 is 2.57 bits per heavy atom. The number of fused-ring (bicyclic) bond motifs is 2. The van der Waals surface area contributed by atoms with E-state index in [1.807, 2.05) is 18.2 Å². The zero-order valence-electron chi connectivity index (χ0n) is 13.5. The van der Waals surface area contributed by atoms with Gasteiger partial charge < -0.3 is 10.6 Å². The van der Waals surface area contributed by atoms with Gasteiger partial charge in [0, 0.05) is 17.3 Å². The second-order valence-electron chi connectivity index (χ2n) is 7.33. The molecular formula is C19H24N2O2. The minimum Gasteiger partial charge on any atom is -0.326 e. The summed E-state index contributed by atoms with van der Waals surface area (Å²) in [5.41, 5.74) is 2.49. The maximum absolute atomic E-state index is 12.6. The van der Waals surface area contributed by atoms with Crippen molar-refractivity contribution < 1.29 is 9.59 Å². The largest absolute Gasteiger partial charge is 0.326 e. The fourth-order valence-electron chi connectivity index (χ4n) is 4.58. The Morgan fingerprint density at radius 1 is 1.09 bits per heavy atom. The molecule has 0 saturated heterocycles. The molecule has 0 unspecified atom stereocenters. The topological polar surface area (TPSA) is 58.2 Å². The first-order valence-corrected chi connectivity index (χ1v) is 8.96. The monoisotopic (exact) mass is 312 g/mol. The summed E-state index contributed by atoms with van der Waals surface area (Å²) in [7, 11) is 0. The van der Waals surface area contributed by atoms with Crippen LogP contribution in [-0.2, 0) is 15.0 Å². The zero-order valence-corrected chi connectivity index (χ0v) is 13.5. The third-order valence-electron chi connectivity index (χ3n) is 5.92. The average Bonchev–Trinajstić information content (AvgIpc) is 3.18. The summed E-state index contributed by atoms with van der Waals surface area (Å²) in [6.07, 6.45) is 9.58. The number of amides is 2. The number of carbonyl (C=O) groups is 2. The van der Waals surface area contributed by atoms with E-state index < -0.39 is 0 Å². The first kappa shape index (κ1) is 14.7. The van der Waals surface area contributed by atoms with Crippen LogP contribution in [0.3, 0.4) is 0 Å². The molecule has 2 fully saturated rings. The molecule has 0 aromatic heterocycles. The summed E-state index contributed by atoms with van der Waals surface area (Å²) in [5.74, 6) is 0.440. The van der Waals surface area contributed by atoms with Crippen LogP contribution in [-0.4, -0.2) is 11.8 Å². The molecule has 0 atom stereocenters. The van der Waals surface area contributed by atoms with Crippen LogP contribution in [0.5, 0.6) is 0 Å². The number of nitrogens with one attached hydrogen (secondary N) is 2. The average molecular weight is 312 g/mol. The van der Waals surface area contributed by atoms with Gasteiger partial charge in [0.2, 0.25) is 11.8 Å². The molecule has 0 bridgehead atoms. The van der Waals surface area contributed by atoms with Gasteiger partial charge in [-0.25, -0.2) is 0 Å². The standard InChI is InChI=1S/C19H24N2O2/c22-17(13-6-2-3-7-13)20-14-8-9-16-15(12-14)19(18(23)21-16)10-4-1-5-11-19/h8-9,12-13H,1-7,10-11H2,(H,20,22)(H,21,23). The van der Waals surface area contributed by atoms with Crippen molar-refractivity contribution in [2.24, 2.45) is 5.92 Å². The predicted octanol–water partition coefficient (Wildman–Crippen LogP) is 3.97. The SMILES string of the molecule is O=C(Nc1ccc2c(c1)C1(CCCCC1)C(=O)N2)C1CCCC1. The molecule has 1 spiro atoms. The number of rotatable bonds is 2. The Bertz CT molecular complexity index is 641. The molecule has 1 aromatic rings. The zero-order chi connectivity index (χ0) is 15.9. The van der Waals surface area contributed by atoms with Gasteiger partial charge >= 0.3 is 0 Å². The minimum atomic E-state index is -0.359. The minimum absolute atomic E-state index is 0.137. The van der Waals surface area contributed by atoms with Crippen LogP contribution in [0.15, 0.2) is 18.2 Å². The van der Waals surface area contributed by atoms with Gasteiger partial charge in [-0.15, -0.1) is 0 Å². The van der Waals surface area contributed by atoms with E-state index in [9.17, 15) is 9.59 Å². The van der Waals surface area contributed by atoms with E-state index in [2.05, 4.69) is 10.6 Å². The molecule has 1 aromatic carbocycles. The molecule has 4 nitrogen and oxygen atoms in total. The Kier molecular flexibility index (Phi) is 3.63. The maximum atomic E-state index is 12.6. The van der Waals surface area contributed by atoms with Crippen molar-refractivity contribution in [3.05, 3.63) is 23.8 Å². The molecule has 2 amide bonds. The molecule has 1 aliphatic heterocycles. The van der Waals surface area contributed by atoms with Gasteiger partial charge in [-0.05, 0) is 49.4 Å². The Labute approximate surface area is 137 Å². The van der Waals surface area contributed by atoms with Crippen LogP contribution in [0, 0.1) is 5.92 Å². The lowest BCUT2D eigenvalue weighted by Gasteiger charge is -2.31. The number of benzene rings is 1. The third kappa shape index (κ3) is 2.44. The Morgan fingerprint density at radius 2 is 1.83 bits per heavy atom. The lowest BCUT2D eigenvalue weighted by molar-refractivity contribution is -0.122. The van der Waals surface area contributed by atoms with Crippen molar-refractivity contribution in [1.82, 2.24) is 0 Å². The summed E-state index contributed by atoms with van der Waals surface area (Å²) >= 11 is 0. The van der Waals surface area contributed by atoms with Crippen molar-refractivity contribution in [3.8, 4) is 0 Å². The van der Waals surface area contributed by atoms with Gasteiger partial charge in [-0.3, -0.25) is 9.59 Å². The van der Waals surface area contributed by atoms with Crippen LogP contribution in [0.4, 0.5) is 11.4 Å². The van der Waals surface area contributed by atoms with E-state index >= 15 is 0 Å². The van der Waals surface area contributed by atoms with Crippen molar-refractivity contribution in [2.75, 3.05) is 10.6 Å². The van der Waals surface area contributed by atoms with Crippen LogP contribution < -0.4 is 10.6 Å². The summed E-state index contributed by atoms with van der Waals surface area (Å²) in [4.78, 5) is 24.9. The van der Waals surface area contributed by atoms with E-state index in [-0.39, 0.29) is 23.1 Å². The molecule has 1 heterocycles. The summed E-state index contributed by atoms with van der Waals surface area (Å²) < 4.78 is 0. The van der Waals surface area contributed by atoms with Crippen molar-refractivity contribution >= 4 is 23.2 Å². The fraction of sp³-hybridized carbons (Fsp3) is 0.579. The summed E-state index contributed by atoms with van der Waals surface area (Å²) in [6, 6.07) is 5.89. The van der Waals surface area contributed by atoms with Gasteiger partial charge in [0.25, 0.3) is 0 Å². The molecule has 0 radical (unpaired) electrons. The molecule has 2 saturated carbocycles. The van der Waals surface area contributed by atoms with Crippen LogP contribution >= 0.6 is 0 Å². The highest BCUT2D eigenvalue weighted by atomic mass is 16.2. The van der Waals surface area contributed by atoms with Gasteiger partial charge in [-0.2, -0.15) is 0 Å². The molecule has 4 rings (SSSR count). The molecule has 4 heteroatoms. The number of hydrogen-bond donors (Lipinski definition) is 2. The highest BCUT2D eigenvalue weighted by Crippen LogP contribution is 2.48. The van der Waals surface area contributed by atoms with Gasteiger partial charge in [0.05, 0.1) is 5.41 Å². The highest BCUT2D eigenvalue weighted by molar-refractivity contribution is 6.07. The van der Waals surface area contributed by atoms with Crippen LogP contribution in [0.1, 0.15) is 63.4 Å². The normalized spacial score (nSPS) is 22.9. The molecule has 23 heavy (non-hydrogen) atoms. The Hall–Kier alpha value is -1.84. The van der Waals surface area contributed by atoms with Crippen molar-refractivity contribution in [2.45, 2.75) is 63.2 Å². The predicted molar refractivity (Wildman–Crippen MR) is 90.4 cm³/mol.